The molecule has 1 aromatic rings. The van der Waals surface area contributed by atoms with Crippen molar-refractivity contribution in [2.24, 2.45) is 5.16 Å². The predicted molar refractivity (Wildman–Crippen MR) is 61.7 cm³/mol. The molecule has 0 unspecified atom stereocenters. The third-order valence-electron chi connectivity index (χ3n) is 1.56. The van der Waals surface area contributed by atoms with Crippen LogP contribution in [0.2, 0.25) is 5.02 Å². The lowest BCUT2D eigenvalue weighted by molar-refractivity contribution is 0.319. The number of hydrogen-bond acceptors (Lipinski definition) is 3. The van der Waals surface area contributed by atoms with E-state index in [2.05, 4.69) is 5.16 Å². The summed E-state index contributed by atoms with van der Waals surface area (Å²) < 4.78 is -0.220. The van der Waals surface area contributed by atoms with E-state index in [1.807, 2.05) is 38.1 Å². The van der Waals surface area contributed by atoms with E-state index in [-0.39, 0.29) is 4.75 Å². The monoisotopic (exact) mass is 229 g/mol. The molecule has 0 saturated heterocycles. The topological polar surface area (TPSA) is 32.6 Å². The SMILES string of the molecule is CC(C)(/C=N/O)Sc1ccc(Cl)cc1. The standard InChI is InChI=1S/C10H12ClNOS/c1-10(2,7-12-13)14-9-5-3-8(11)4-6-9/h3-7,13H,1-2H3/b12-7+. The molecule has 2 nitrogen and oxygen atoms in total. The Bertz CT molecular complexity index is 321. The maximum absolute atomic E-state index is 8.46. The van der Waals surface area contributed by atoms with Crippen LogP contribution in [-0.2, 0) is 0 Å². The molecular formula is C10H12ClNOS. The Morgan fingerprint density at radius 1 is 1.36 bits per heavy atom. The first-order valence-electron chi connectivity index (χ1n) is 4.17. The molecule has 1 aromatic carbocycles. The summed E-state index contributed by atoms with van der Waals surface area (Å²) in [5.41, 5.74) is 0. The van der Waals surface area contributed by atoms with E-state index in [9.17, 15) is 0 Å². The largest absolute Gasteiger partial charge is 0.411 e. The molecule has 0 bridgehead atoms. The molecule has 0 radical (unpaired) electrons. The molecule has 0 aliphatic carbocycles. The van der Waals surface area contributed by atoms with Crippen LogP contribution in [-0.4, -0.2) is 16.2 Å². The Morgan fingerprint density at radius 2 is 1.93 bits per heavy atom. The van der Waals surface area contributed by atoms with Gasteiger partial charge in [-0.05, 0) is 38.1 Å². The van der Waals surface area contributed by atoms with Crippen molar-refractivity contribution in [3.63, 3.8) is 0 Å². The first kappa shape index (κ1) is 11.4. The number of rotatable bonds is 3. The maximum atomic E-state index is 8.46. The summed E-state index contributed by atoms with van der Waals surface area (Å²) in [5, 5.41) is 12.2. The molecule has 0 aromatic heterocycles. The van der Waals surface area contributed by atoms with Crippen LogP contribution in [0.15, 0.2) is 34.3 Å². The lowest BCUT2D eigenvalue weighted by atomic mass is 10.2. The van der Waals surface area contributed by atoms with Crippen molar-refractivity contribution in [1.29, 1.82) is 0 Å². The molecular weight excluding hydrogens is 218 g/mol. The highest BCUT2D eigenvalue weighted by Crippen LogP contribution is 2.31. The van der Waals surface area contributed by atoms with E-state index in [0.29, 0.717) is 0 Å². The highest BCUT2D eigenvalue weighted by molar-refractivity contribution is 8.01. The lowest BCUT2D eigenvalue weighted by Crippen LogP contribution is -2.15. The van der Waals surface area contributed by atoms with Crippen molar-refractivity contribution in [2.75, 3.05) is 0 Å². The highest BCUT2D eigenvalue weighted by atomic mass is 35.5. The zero-order chi connectivity index (χ0) is 10.6. The Balaban J connectivity index is 2.73. The molecule has 14 heavy (non-hydrogen) atoms. The fourth-order valence-electron chi connectivity index (χ4n) is 0.972. The molecule has 76 valence electrons. The van der Waals surface area contributed by atoms with E-state index >= 15 is 0 Å². The minimum atomic E-state index is -0.220. The van der Waals surface area contributed by atoms with E-state index in [1.54, 1.807) is 11.8 Å². The zero-order valence-electron chi connectivity index (χ0n) is 8.07. The average molecular weight is 230 g/mol. The van der Waals surface area contributed by atoms with Gasteiger partial charge in [-0.15, -0.1) is 16.9 Å². The van der Waals surface area contributed by atoms with Crippen LogP contribution in [0, 0.1) is 0 Å². The fraction of sp³-hybridized carbons (Fsp3) is 0.300. The zero-order valence-corrected chi connectivity index (χ0v) is 9.64. The molecule has 0 amide bonds. The number of hydrogen-bond donors (Lipinski definition) is 1. The molecule has 0 saturated carbocycles. The van der Waals surface area contributed by atoms with Crippen LogP contribution in [0.1, 0.15) is 13.8 Å². The van der Waals surface area contributed by atoms with Gasteiger partial charge in [0.1, 0.15) is 0 Å². The van der Waals surface area contributed by atoms with E-state index < -0.39 is 0 Å². The van der Waals surface area contributed by atoms with Gasteiger partial charge in [0.2, 0.25) is 0 Å². The van der Waals surface area contributed by atoms with Gasteiger partial charge in [0.15, 0.2) is 0 Å². The van der Waals surface area contributed by atoms with Gasteiger partial charge in [-0.25, -0.2) is 0 Å². The minimum Gasteiger partial charge on any atom is -0.411 e. The third kappa shape index (κ3) is 3.60. The highest BCUT2D eigenvalue weighted by Gasteiger charge is 2.16. The van der Waals surface area contributed by atoms with Gasteiger partial charge in [-0.1, -0.05) is 11.6 Å². The third-order valence-corrected chi connectivity index (χ3v) is 2.95. The Hall–Kier alpha value is -0.670. The van der Waals surface area contributed by atoms with E-state index in [0.717, 1.165) is 9.92 Å². The summed E-state index contributed by atoms with van der Waals surface area (Å²) in [4.78, 5) is 1.10. The smallest absolute Gasteiger partial charge is 0.0594 e. The van der Waals surface area contributed by atoms with E-state index in [4.69, 9.17) is 16.8 Å². The maximum Gasteiger partial charge on any atom is 0.0594 e. The number of oxime groups is 1. The van der Waals surface area contributed by atoms with Crippen LogP contribution in [0.4, 0.5) is 0 Å². The molecule has 1 rings (SSSR count). The quantitative estimate of drug-likeness (QED) is 0.371. The van der Waals surface area contributed by atoms with Gasteiger partial charge < -0.3 is 5.21 Å². The van der Waals surface area contributed by atoms with Crippen molar-refractivity contribution in [3.05, 3.63) is 29.3 Å². The Labute approximate surface area is 93.0 Å². The number of halogens is 1. The van der Waals surface area contributed by atoms with Gasteiger partial charge in [-0.3, -0.25) is 0 Å². The summed E-state index contributed by atoms with van der Waals surface area (Å²) >= 11 is 7.38. The van der Waals surface area contributed by atoms with Gasteiger partial charge in [0.05, 0.1) is 11.0 Å². The molecule has 0 aliphatic heterocycles. The van der Waals surface area contributed by atoms with Crippen molar-refractivity contribution in [2.45, 2.75) is 23.5 Å². The first-order valence-corrected chi connectivity index (χ1v) is 5.36. The molecule has 0 aliphatic rings. The fourth-order valence-corrected chi connectivity index (χ4v) is 2.08. The molecule has 0 heterocycles. The summed E-state index contributed by atoms with van der Waals surface area (Å²) in [7, 11) is 0. The van der Waals surface area contributed by atoms with Crippen molar-refractivity contribution in [3.8, 4) is 0 Å². The van der Waals surface area contributed by atoms with Crippen LogP contribution in [0.25, 0.3) is 0 Å². The normalized spacial score (nSPS) is 12.2. The summed E-state index contributed by atoms with van der Waals surface area (Å²) in [6.07, 6.45) is 1.51. The summed E-state index contributed by atoms with van der Waals surface area (Å²) in [5.74, 6) is 0. The van der Waals surface area contributed by atoms with Crippen LogP contribution in [0.3, 0.4) is 0 Å². The first-order chi connectivity index (χ1) is 6.53. The molecule has 4 heteroatoms. The predicted octanol–water partition coefficient (Wildman–Crippen LogP) is 3.67. The van der Waals surface area contributed by atoms with Crippen LogP contribution in [0.5, 0.6) is 0 Å². The number of nitrogens with zero attached hydrogens (tertiary/aromatic N) is 1. The lowest BCUT2D eigenvalue weighted by Gasteiger charge is -2.17. The van der Waals surface area contributed by atoms with Gasteiger partial charge in [0.25, 0.3) is 0 Å². The molecule has 1 N–H and O–H groups in total. The van der Waals surface area contributed by atoms with Crippen molar-refractivity contribution < 1.29 is 5.21 Å². The summed E-state index contributed by atoms with van der Waals surface area (Å²) in [6, 6.07) is 7.58. The van der Waals surface area contributed by atoms with Gasteiger partial charge >= 0.3 is 0 Å². The van der Waals surface area contributed by atoms with Crippen LogP contribution < -0.4 is 0 Å². The second kappa shape index (κ2) is 4.71. The second-order valence-electron chi connectivity index (χ2n) is 3.40. The van der Waals surface area contributed by atoms with E-state index in [1.165, 1.54) is 6.21 Å². The Morgan fingerprint density at radius 3 is 2.43 bits per heavy atom. The van der Waals surface area contributed by atoms with Crippen molar-refractivity contribution >= 4 is 29.6 Å². The van der Waals surface area contributed by atoms with Gasteiger partial charge in [-0.2, -0.15) is 0 Å². The Kier molecular flexibility index (Phi) is 3.84. The second-order valence-corrected chi connectivity index (χ2v) is 5.57. The van der Waals surface area contributed by atoms with Crippen molar-refractivity contribution in [1.82, 2.24) is 0 Å². The van der Waals surface area contributed by atoms with Crippen LogP contribution >= 0.6 is 23.4 Å². The van der Waals surface area contributed by atoms with Gasteiger partial charge in [0, 0.05) is 9.92 Å². The molecule has 0 atom stereocenters. The molecule has 0 fully saturated rings. The number of benzene rings is 1. The average Bonchev–Trinajstić information content (AvgIpc) is 2.08. The summed E-state index contributed by atoms with van der Waals surface area (Å²) in [6.45, 7) is 3.96. The minimum absolute atomic E-state index is 0.220. The number of thioether (sulfide) groups is 1. The molecule has 0 spiro atoms.